The molecule has 1 aliphatic rings. The Bertz CT molecular complexity index is 220. The van der Waals surface area contributed by atoms with Crippen LogP contribution in [0.4, 0.5) is 0 Å². The van der Waals surface area contributed by atoms with Crippen molar-refractivity contribution in [3.05, 3.63) is 0 Å². The minimum Gasteiger partial charge on any atom is -0.329 e. The summed E-state index contributed by atoms with van der Waals surface area (Å²) in [6.07, 6.45) is 12.4. The lowest BCUT2D eigenvalue weighted by Crippen LogP contribution is -2.42. The first-order chi connectivity index (χ1) is 9.77. The smallest absolute Gasteiger partial charge is 0.0218 e. The number of likely N-dealkylation sites (N-methyl/N-ethyl adjacent to an activating group) is 1. The third-order valence-corrected chi connectivity index (χ3v) is 4.68. The average Bonchev–Trinajstić information content (AvgIpc) is 2.67. The van der Waals surface area contributed by atoms with E-state index in [4.69, 9.17) is 5.73 Å². The highest BCUT2D eigenvalue weighted by Crippen LogP contribution is 2.14. The number of nitrogens with two attached hydrogens (primary N) is 1. The molecule has 0 saturated carbocycles. The monoisotopic (exact) mass is 283 g/mol. The Labute approximate surface area is 126 Å². The fourth-order valence-electron chi connectivity index (χ4n) is 3.22. The van der Waals surface area contributed by atoms with Gasteiger partial charge in [0.15, 0.2) is 0 Å². The predicted molar refractivity (Wildman–Crippen MR) is 89.1 cm³/mol. The van der Waals surface area contributed by atoms with Crippen molar-refractivity contribution in [2.45, 2.75) is 70.8 Å². The maximum atomic E-state index is 6.01. The van der Waals surface area contributed by atoms with Gasteiger partial charge in [0.1, 0.15) is 0 Å². The van der Waals surface area contributed by atoms with Crippen molar-refractivity contribution in [1.29, 1.82) is 0 Å². The van der Waals surface area contributed by atoms with Crippen LogP contribution >= 0.6 is 0 Å². The fraction of sp³-hybridized carbons (Fsp3) is 1.00. The highest BCUT2D eigenvalue weighted by molar-refractivity contribution is 4.76. The van der Waals surface area contributed by atoms with Crippen LogP contribution in [-0.4, -0.2) is 55.6 Å². The van der Waals surface area contributed by atoms with E-state index in [2.05, 4.69) is 23.8 Å². The second-order valence-electron chi connectivity index (χ2n) is 6.49. The van der Waals surface area contributed by atoms with Crippen LogP contribution in [-0.2, 0) is 0 Å². The van der Waals surface area contributed by atoms with E-state index >= 15 is 0 Å². The molecule has 0 spiro atoms. The summed E-state index contributed by atoms with van der Waals surface area (Å²) in [6.45, 7) is 8.00. The molecule has 1 rings (SSSR count). The van der Waals surface area contributed by atoms with Crippen molar-refractivity contribution < 1.29 is 0 Å². The molecule has 1 heterocycles. The van der Waals surface area contributed by atoms with Crippen molar-refractivity contribution in [3.63, 3.8) is 0 Å². The maximum Gasteiger partial charge on any atom is 0.0218 e. The van der Waals surface area contributed by atoms with Crippen LogP contribution in [0.2, 0.25) is 0 Å². The zero-order valence-electron chi connectivity index (χ0n) is 13.9. The molecule has 0 aliphatic carbocycles. The van der Waals surface area contributed by atoms with Gasteiger partial charge in [-0.1, -0.05) is 51.9 Å². The highest BCUT2D eigenvalue weighted by atomic mass is 15.2. The highest BCUT2D eigenvalue weighted by Gasteiger charge is 2.19. The second-order valence-corrected chi connectivity index (χ2v) is 6.49. The van der Waals surface area contributed by atoms with Crippen LogP contribution in [0.25, 0.3) is 0 Å². The van der Waals surface area contributed by atoms with Crippen LogP contribution in [0.5, 0.6) is 0 Å². The third-order valence-electron chi connectivity index (χ3n) is 4.68. The first-order valence-electron chi connectivity index (χ1n) is 8.90. The SMILES string of the molecule is CCCCCCCCCC(CN)N1CCCN(C)CC1. The molecule has 3 heteroatoms. The molecule has 120 valence electrons. The minimum absolute atomic E-state index is 0.622. The average molecular weight is 284 g/mol. The van der Waals surface area contributed by atoms with Crippen molar-refractivity contribution >= 4 is 0 Å². The van der Waals surface area contributed by atoms with Crippen molar-refractivity contribution in [2.24, 2.45) is 5.73 Å². The topological polar surface area (TPSA) is 32.5 Å². The van der Waals surface area contributed by atoms with E-state index in [0.29, 0.717) is 6.04 Å². The molecular formula is C17H37N3. The van der Waals surface area contributed by atoms with Gasteiger partial charge in [-0.3, -0.25) is 4.90 Å². The normalized spacial score (nSPS) is 19.9. The quantitative estimate of drug-likeness (QED) is 0.625. The molecular weight excluding hydrogens is 246 g/mol. The molecule has 0 bridgehead atoms. The number of rotatable bonds is 10. The first-order valence-corrected chi connectivity index (χ1v) is 8.90. The van der Waals surface area contributed by atoms with Gasteiger partial charge in [0.05, 0.1) is 0 Å². The van der Waals surface area contributed by atoms with Gasteiger partial charge in [0.25, 0.3) is 0 Å². The van der Waals surface area contributed by atoms with Gasteiger partial charge in [-0.05, 0) is 33.0 Å². The maximum absolute atomic E-state index is 6.01. The molecule has 1 saturated heterocycles. The second kappa shape index (κ2) is 11.5. The van der Waals surface area contributed by atoms with Crippen LogP contribution in [0, 0.1) is 0 Å². The van der Waals surface area contributed by atoms with Gasteiger partial charge >= 0.3 is 0 Å². The summed E-state index contributed by atoms with van der Waals surface area (Å²) in [7, 11) is 2.23. The van der Waals surface area contributed by atoms with E-state index < -0.39 is 0 Å². The van der Waals surface area contributed by atoms with Gasteiger partial charge in [0, 0.05) is 25.7 Å². The molecule has 1 atom stereocenters. The lowest BCUT2D eigenvalue weighted by atomic mass is 10.0. The summed E-state index contributed by atoms with van der Waals surface area (Å²) in [5, 5.41) is 0. The molecule has 20 heavy (non-hydrogen) atoms. The Kier molecular flexibility index (Phi) is 10.3. The molecule has 1 unspecified atom stereocenters. The van der Waals surface area contributed by atoms with Gasteiger partial charge in [-0.2, -0.15) is 0 Å². The zero-order chi connectivity index (χ0) is 14.6. The lowest BCUT2D eigenvalue weighted by molar-refractivity contribution is 0.193. The predicted octanol–water partition coefficient (Wildman–Crippen LogP) is 3.09. The van der Waals surface area contributed by atoms with E-state index in [0.717, 1.165) is 6.54 Å². The van der Waals surface area contributed by atoms with Gasteiger partial charge < -0.3 is 10.6 Å². The van der Waals surface area contributed by atoms with Crippen molar-refractivity contribution in [1.82, 2.24) is 9.80 Å². The third kappa shape index (κ3) is 7.61. The summed E-state index contributed by atoms with van der Waals surface area (Å²) >= 11 is 0. The summed E-state index contributed by atoms with van der Waals surface area (Å²) in [4.78, 5) is 5.09. The number of nitrogens with zero attached hydrogens (tertiary/aromatic N) is 2. The van der Waals surface area contributed by atoms with Crippen molar-refractivity contribution in [3.8, 4) is 0 Å². The van der Waals surface area contributed by atoms with Gasteiger partial charge in [0.2, 0.25) is 0 Å². The van der Waals surface area contributed by atoms with E-state index in [-0.39, 0.29) is 0 Å². The summed E-state index contributed by atoms with van der Waals surface area (Å²) in [5.74, 6) is 0. The van der Waals surface area contributed by atoms with Crippen LogP contribution < -0.4 is 5.73 Å². The molecule has 0 radical (unpaired) electrons. The fourth-order valence-corrected chi connectivity index (χ4v) is 3.22. The zero-order valence-corrected chi connectivity index (χ0v) is 13.9. The molecule has 1 fully saturated rings. The molecule has 0 aromatic heterocycles. The molecule has 1 aliphatic heterocycles. The van der Waals surface area contributed by atoms with Gasteiger partial charge in [-0.15, -0.1) is 0 Å². The largest absolute Gasteiger partial charge is 0.329 e. The standard InChI is InChI=1S/C17H37N3/c1-3-4-5-6-7-8-9-11-17(16-18)20-13-10-12-19(2)14-15-20/h17H,3-16,18H2,1-2H3. The summed E-state index contributed by atoms with van der Waals surface area (Å²) in [6, 6.07) is 0.622. The van der Waals surface area contributed by atoms with Crippen LogP contribution in [0.3, 0.4) is 0 Å². The summed E-state index contributed by atoms with van der Waals surface area (Å²) < 4.78 is 0. The summed E-state index contributed by atoms with van der Waals surface area (Å²) in [5.41, 5.74) is 6.01. The lowest BCUT2D eigenvalue weighted by Gasteiger charge is -2.29. The number of hydrogen-bond acceptors (Lipinski definition) is 3. The molecule has 3 nitrogen and oxygen atoms in total. The Morgan fingerprint density at radius 3 is 2.30 bits per heavy atom. The first kappa shape index (κ1) is 17.9. The van der Waals surface area contributed by atoms with E-state index in [9.17, 15) is 0 Å². The molecule has 0 aromatic carbocycles. The van der Waals surface area contributed by atoms with E-state index in [1.165, 1.54) is 84.0 Å². The van der Waals surface area contributed by atoms with E-state index in [1.807, 2.05) is 0 Å². The minimum atomic E-state index is 0.622. The number of unbranched alkanes of at least 4 members (excludes halogenated alkanes) is 6. The Morgan fingerprint density at radius 1 is 0.900 bits per heavy atom. The molecule has 2 N–H and O–H groups in total. The van der Waals surface area contributed by atoms with Gasteiger partial charge in [-0.25, -0.2) is 0 Å². The van der Waals surface area contributed by atoms with Crippen LogP contribution in [0.1, 0.15) is 64.7 Å². The Hall–Kier alpha value is -0.120. The van der Waals surface area contributed by atoms with Crippen LogP contribution in [0.15, 0.2) is 0 Å². The Balaban J connectivity index is 2.12. The van der Waals surface area contributed by atoms with Crippen molar-refractivity contribution in [2.75, 3.05) is 39.8 Å². The molecule has 0 aromatic rings. The van der Waals surface area contributed by atoms with E-state index in [1.54, 1.807) is 0 Å². The molecule has 0 amide bonds. The Morgan fingerprint density at radius 2 is 1.60 bits per heavy atom. The number of hydrogen-bond donors (Lipinski definition) is 1.